The Balaban J connectivity index is 1.32. The average Bonchev–Trinajstić information content (AvgIpc) is 3.73. The normalized spacial score (nSPS) is 27.4. The van der Waals surface area contributed by atoms with E-state index in [2.05, 4.69) is 4.90 Å². The van der Waals surface area contributed by atoms with Gasteiger partial charge in [0.1, 0.15) is 5.75 Å². The SMILES string of the molecule is COc1ccc([C@@H]2CN([C@H]3CC[C@H](OC)CC3)C[C@@]2(F)C(=O)N2C[C@H](CO)[C@@H](c3ccc(C(F)(F)F)cc3-c3ccc(C(=O)O)cc3)C2)cc1. The minimum atomic E-state index is -4.64. The van der Waals surface area contributed by atoms with Crippen molar-refractivity contribution < 1.29 is 46.8 Å². The lowest BCUT2D eigenvalue weighted by Gasteiger charge is -2.34. The molecular formula is C38H42F4N2O6. The highest BCUT2D eigenvalue weighted by atomic mass is 19.4. The minimum Gasteiger partial charge on any atom is -0.497 e. The summed E-state index contributed by atoms with van der Waals surface area (Å²) in [4.78, 5) is 29.4. The third-order valence-electron chi connectivity index (χ3n) is 11.0. The standard InChI is InChI=1S/C38H42F4N2O6/c1-49-29-12-7-24(8-13-29)34-20-44(28-10-14-30(50-2)15-11-28)22-37(34,39)36(48)43-18-26(21-45)33(19-43)31-16-9-27(38(40,41)42)17-32(31)23-3-5-25(6-4-23)35(46)47/h3-9,12-13,16-17,26,28,30,33-34,45H,10-11,14-15,18-22H2,1-2H3,(H,46,47)/t26-,28-,30-,33+,34+,37+/m1/s1. The lowest BCUT2D eigenvalue weighted by Crippen LogP contribution is -2.50. The number of amides is 1. The molecule has 12 heteroatoms. The summed E-state index contributed by atoms with van der Waals surface area (Å²) in [6, 6.07) is 16.0. The van der Waals surface area contributed by atoms with Crippen LogP contribution < -0.4 is 4.74 Å². The Hall–Kier alpha value is -4.00. The van der Waals surface area contributed by atoms with Crippen LogP contribution in [0.1, 0.15) is 64.6 Å². The van der Waals surface area contributed by atoms with Gasteiger partial charge in [-0.2, -0.15) is 13.2 Å². The van der Waals surface area contributed by atoms with Crippen LogP contribution in [0.3, 0.4) is 0 Å². The first-order valence-electron chi connectivity index (χ1n) is 16.9. The van der Waals surface area contributed by atoms with Crippen molar-refractivity contribution in [2.45, 2.75) is 61.5 Å². The van der Waals surface area contributed by atoms with Gasteiger partial charge in [0.25, 0.3) is 5.91 Å². The average molecular weight is 699 g/mol. The number of aliphatic hydroxyl groups is 1. The molecule has 0 radical (unpaired) electrons. The van der Waals surface area contributed by atoms with Gasteiger partial charge < -0.3 is 24.6 Å². The Bertz CT molecular complexity index is 1680. The molecule has 3 fully saturated rings. The molecule has 0 bridgehead atoms. The maximum atomic E-state index is 17.7. The lowest BCUT2D eigenvalue weighted by atomic mass is 9.83. The number of aliphatic hydroxyl groups excluding tert-OH is 1. The third-order valence-corrected chi connectivity index (χ3v) is 11.0. The van der Waals surface area contributed by atoms with Crippen LogP contribution in [-0.4, -0.2) is 96.7 Å². The first kappa shape index (κ1) is 35.8. The monoisotopic (exact) mass is 698 g/mol. The molecule has 2 aliphatic heterocycles. The lowest BCUT2D eigenvalue weighted by molar-refractivity contribution is -0.143. The van der Waals surface area contributed by atoms with E-state index in [0.717, 1.165) is 37.8 Å². The Labute approximate surface area is 288 Å². The maximum Gasteiger partial charge on any atom is 0.416 e. The molecule has 50 heavy (non-hydrogen) atoms. The Morgan fingerprint density at radius 2 is 1.60 bits per heavy atom. The van der Waals surface area contributed by atoms with Crippen molar-refractivity contribution in [3.63, 3.8) is 0 Å². The molecule has 2 saturated heterocycles. The van der Waals surface area contributed by atoms with Gasteiger partial charge in [-0.15, -0.1) is 0 Å². The molecule has 0 aromatic heterocycles. The van der Waals surface area contributed by atoms with Gasteiger partial charge in [-0.25, -0.2) is 9.18 Å². The van der Waals surface area contributed by atoms with E-state index in [1.54, 1.807) is 38.5 Å². The second-order valence-electron chi connectivity index (χ2n) is 13.7. The number of ether oxygens (including phenoxy) is 2. The fraction of sp³-hybridized carbons (Fsp3) is 0.474. The molecule has 268 valence electrons. The zero-order valence-electron chi connectivity index (χ0n) is 28.0. The molecule has 0 unspecified atom stereocenters. The quantitative estimate of drug-likeness (QED) is 0.251. The number of carbonyl (C=O) groups excluding carboxylic acids is 1. The first-order chi connectivity index (χ1) is 23.9. The number of carboxylic acids is 1. The minimum absolute atomic E-state index is 0.00438. The summed E-state index contributed by atoms with van der Waals surface area (Å²) >= 11 is 0. The van der Waals surface area contributed by atoms with E-state index in [1.807, 2.05) is 0 Å². The highest BCUT2D eigenvalue weighted by molar-refractivity contribution is 5.89. The number of nitrogens with zero attached hydrogens (tertiary/aromatic N) is 2. The molecule has 6 rings (SSSR count). The molecule has 3 aromatic carbocycles. The summed E-state index contributed by atoms with van der Waals surface area (Å²) in [5, 5.41) is 19.8. The van der Waals surface area contributed by atoms with Crippen LogP contribution in [0.2, 0.25) is 0 Å². The van der Waals surface area contributed by atoms with Crippen molar-refractivity contribution in [2.75, 3.05) is 47.0 Å². The van der Waals surface area contributed by atoms with Crippen LogP contribution >= 0.6 is 0 Å². The fourth-order valence-electron chi connectivity index (χ4n) is 8.13. The molecule has 1 aliphatic carbocycles. The predicted octanol–water partition coefficient (Wildman–Crippen LogP) is 6.38. The van der Waals surface area contributed by atoms with E-state index in [1.165, 1.54) is 35.2 Å². The van der Waals surface area contributed by atoms with Crippen molar-refractivity contribution >= 4 is 11.9 Å². The van der Waals surface area contributed by atoms with Crippen molar-refractivity contribution in [2.24, 2.45) is 5.92 Å². The molecule has 2 N–H and O–H groups in total. The van der Waals surface area contributed by atoms with Gasteiger partial charge in [-0.1, -0.05) is 30.3 Å². The van der Waals surface area contributed by atoms with Crippen molar-refractivity contribution in [1.29, 1.82) is 0 Å². The fourth-order valence-corrected chi connectivity index (χ4v) is 8.13. The molecule has 1 amide bonds. The van der Waals surface area contributed by atoms with Gasteiger partial charge in [0.05, 0.1) is 24.3 Å². The summed E-state index contributed by atoms with van der Waals surface area (Å²) < 4.78 is 70.2. The summed E-state index contributed by atoms with van der Waals surface area (Å²) in [7, 11) is 3.23. The number of rotatable bonds is 9. The molecule has 1 saturated carbocycles. The molecule has 3 aromatic rings. The number of carbonyl (C=O) groups is 2. The third kappa shape index (κ3) is 6.97. The molecule has 4 atom stereocenters. The molecule has 8 nitrogen and oxygen atoms in total. The Kier molecular flexibility index (Phi) is 10.3. The number of aromatic carboxylic acids is 1. The largest absolute Gasteiger partial charge is 0.497 e. The van der Waals surface area contributed by atoms with Crippen LogP contribution in [0.4, 0.5) is 17.6 Å². The zero-order chi connectivity index (χ0) is 35.8. The van der Waals surface area contributed by atoms with Crippen LogP contribution in [0.5, 0.6) is 5.75 Å². The Morgan fingerprint density at radius 3 is 2.18 bits per heavy atom. The van der Waals surface area contributed by atoms with Gasteiger partial charge in [0, 0.05) is 63.7 Å². The first-order valence-corrected chi connectivity index (χ1v) is 16.9. The summed E-state index contributed by atoms with van der Waals surface area (Å²) in [5.41, 5.74) is -1.52. The number of benzene rings is 3. The van der Waals surface area contributed by atoms with E-state index in [0.29, 0.717) is 29.0 Å². The number of carboxylic acid groups (broad SMARTS) is 1. The van der Waals surface area contributed by atoms with Crippen LogP contribution in [0.15, 0.2) is 66.7 Å². The van der Waals surface area contributed by atoms with Crippen molar-refractivity contribution in [1.82, 2.24) is 9.80 Å². The Morgan fingerprint density at radius 1 is 0.920 bits per heavy atom. The maximum absolute atomic E-state index is 17.7. The number of halogens is 4. The van der Waals surface area contributed by atoms with E-state index in [4.69, 9.17) is 9.47 Å². The number of methoxy groups -OCH3 is 2. The molecule has 3 aliphatic rings. The van der Waals surface area contributed by atoms with Gasteiger partial charge >= 0.3 is 12.1 Å². The zero-order valence-corrected chi connectivity index (χ0v) is 28.0. The molecule has 0 spiro atoms. The second-order valence-corrected chi connectivity index (χ2v) is 13.7. The number of likely N-dealkylation sites (tertiary alicyclic amines) is 2. The molecular weight excluding hydrogens is 656 g/mol. The highest BCUT2D eigenvalue weighted by Gasteiger charge is 2.57. The van der Waals surface area contributed by atoms with Gasteiger partial charge in [-0.3, -0.25) is 9.69 Å². The summed E-state index contributed by atoms with van der Waals surface area (Å²) in [5.74, 6) is -3.22. The van der Waals surface area contributed by atoms with Crippen LogP contribution in [-0.2, 0) is 15.7 Å². The number of hydrogen-bond donors (Lipinski definition) is 2. The smallest absolute Gasteiger partial charge is 0.416 e. The van der Waals surface area contributed by atoms with E-state index in [9.17, 15) is 33.0 Å². The topological polar surface area (TPSA) is 99.5 Å². The van der Waals surface area contributed by atoms with E-state index < -0.39 is 47.0 Å². The van der Waals surface area contributed by atoms with Crippen LogP contribution in [0, 0.1) is 5.92 Å². The highest BCUT2D eigenvalue weighted by Crippen LogP contribution is 2.46. The van der Waals surface area contributed by atoms with E-state index >= 15 is 4.39 Å². The van der Waals surface area contributed by atoms with Crippen molar-refractivity contribution in [3.05, 3.63) is 89.0 Å². The summed E-state index contributed by atoms with van der Waals surface area (Å²) in [6.07, 6.45) is -1.15. The summed E-state index contributed by atoms with van der Waals surface area (Å²) in [6.45, 7) is -0.110. The number of alkyl halides is 4. The van der Waals surface area contributed by atoms with Crippen LogP contribution in [0.25, 0.3) is 11.1 Å². The predicted molar refractivity (Wildman–Crippen MR) is 178 cm³/mol. The van der Waals surface area contributed by atoms with Gasteiger partial charge in [-0.05, 0) is 84.3 Å². The van der Waals surface area contributed by atoms with Crippen molar-refractivity contribution in [3.8, 4) is 16.9 Å². The van der Waals surface area contributed by atoms with E-state index in [-0.39, 0.29) is 49.5 Å². The van der Waals surface area contributed by atoms with Gasteiger partial charge in [0.2, 0.25) is 5.67 Å². The second kappa shape index (κ2) is 14.3. The molecule has 2 heterocycles. The van der Waals surface area contributed by atoms with Gasteiger partial charge in [0.15, 0.2) is 0 Å². The number of hydrogen-bond acceptors (Lipinski definition) is 6.